The minimum absolute atomic E-state index is 0.0122. The van der Waals surface area contributed by atoms with Crippen LogP contribution in [-0.4, -0.2) is 45.9 Å². The van der Waals surface area contributed by atoms with Gasteiger partial charge in [0.1, 0.15) is 30.3 Å². The highest BCUT2D eigenvalue weighted by molar-refractivity contribution is 5.74. The highest BCUT2D eigenvalue weighted by atomic mass is 19.1. The molecule has 190 valence electrons. The van der Waals surface area contributed by atoms with Gasteiger partial charge in [-0.15, -0.1) is 0 Å². The molecule has 0 aliphatic carbocycles. The molecule has 1 aromatic heterocycles. The normalized spacial score (nSPS) is 18.5. The highest BCUT2D eigenvalue weighted by Crippen LogP contribution is 2.42. The second-order valence-corrected chi connectivity index (χ2v) is 9.83. The Bertz CT molecular complexity index is 1260. The van der Waals surface area contributed by atoms with Gasteiger partial charge in [0, 0.05) is 29.9 Å². The first-order valence-electron chi connectivity index (χ1n) is 11.9. The Morgan fingerprint density at radius 2 is 1.86 bits per heavy atom. The largest absolute Gasteiger partial charge is 0.299 e. The van der Waals surface area contributed by atoms with Crippen LogP contribution in [0.2, 0.25) is 0 Å². The van der Waals surface area contributed by atoms with E-state index in [2.05, 4.69) is 5.10 Å². The number of benzene rings is 2. The molecule has 2 atom stereocenters. The Hall–Kier alpha value is -3.26. The van der Waals surface area contributed by atoms with Crippen LogP contribution in [0.3, 0.4) is 0 Å². The Morgan fingerprint density at radius 1 is 1.14 bits per heavy atom. The standard InChI is InChI=1S/C28H29F4N3O/c1-18-11-21-14-20(22-15-33-34(16-22)9-8-29)6-7-23(21)27(35(18)17-28(2,3)32)26-24(30)12-19(5-4-10-36)13-25(26)31/h4-7,10,12-16,18,27H,8-9,11,17H2,1-3H3/b5-4+. The quantitative estimate of drug-likeness (QED) is 0.214. The number of nitrogens with zero attached hydrogens (tertiary/aromatic N) is 3. The van der Waals surface area contributed by atoms with E-state index in [1.165, 1.54) is 42.8 Å². The molecule has 36 heavy (non-hydrogen) atoms. The summed E-state index contributed by atoms with van der Waals surface area (Å²) in [5.74, 6) is -1.52. The van der Waals surface area contributed by atoms with Gasteiger partial charge in [-0.1, -0.05) is 24.3 Å². The fraction of sp³-hybridized carbons (Fsp3) is 0.357. The van der Waals surface area contributed by atoms with E-state index in [-0.39, 0.29) is 30.3 Å². The van der Waals surface area contributed by atoms with E-state index in [1.807, 2.05) is 30.0 Å². The van der Waals surface area contributed by atoms with Gasteiger partial charge in [-0.2, -0.15) is 5.10 Å². The van der Waals surface area contributed by atoms with E-state index < -0.39 is 30.0 Å². The summed E-state index contributed by atoms with van der Waals surface area (Å²) in [6.07, 6.45) is 7.02. The number of hydrogen-bond acceptors (Lipinski definition) is 3. The van der Waals surface area contributed by atoms with Crippen LogP contribution in [-0.2, 0) is 17.8 Å². The molecule has 0 bridgehead atoms. The molecule has 0 radical (unpaired) electrons. The van der Waals surface area contributed by atoms with Gasteiger partial charge < -0.3 is 0 Å². The number of allylic oxidation sites excluding steroid dienone is 1. The van der Waals surface area contributed by atoms with E-state index in [0.29, 0.717) is 18.3 Å². The second-order valence-electron chi connectivity index (χ2n) is 9.83. The zero-order valence-corrected chi connectivity index (χ0v) is 20.5. The fourth-order valence-corrected chi connectivity index (χ4v) is 4.93. The van der Waals surface area contributed by atoms with Crippen molar-refractivity contribution >= 4 is 12.4 Å². The van der Waals surface area contributed by atoms with Crippen LogP contribution < -0.4 is 0 Å². The number of carbonyl (C=O) groups is 1. The molecule has 0 spiro atoms. The Morgan fingerprint density at radius 3 is 2.50 bits per heavy atom. The molecule has 1 aliphatic heterocycles. The van der Waals surface area contributed by atoms with E-state index in [0.717, 1.165) is 16.7 Å². The van der Waals surface area contributed by atoms with Gasteiger partial charge in [0.2, 0.25) is 0 Å². The van der Waals surface area contributed by atoms with Gasteiger partial charge in [0.15, 0.2) is 0 Å². The van der Waals surface area contributed by atoms with Crippen molar-refractivity contribution in [3.05, 3.63) is 82.7 Å². The lowest BCUT2D eigenvalue weighted by atomic mass is 9.82. The summed E-state index contributed by atoms with van der Waals surface area (Å²) < 4.78 is 60.0. The van der Waals surface area contributed by atoms with Gasteiger partial charge >= 0.3 is 0 Å². The number of hydrogen-bond donors (Lipinski definition) is 0. The molecule has 2 unspecified atom stereocenters. The summed E-state index contributed by atoms with van der Waals surface area (Å²) in [6, 6.07) is 6.96. The monoisotopic (exact) mass is 499 g/mol. The Balaban J connectivity index is 1.83. The van der Waals surface area contributed by atoms with Crippen molar-refractivity contribution < 1.29 is 22.4 Å². The van der Waals surface area contributed by atoms with Gasteiger partial charge in [0.05, 0.1) is 18.8 Å². The number of aromatic nitrogens is 2. The van der Waals surface area contributed by atoms with Crippen molar-refractivity contribution in [3.8, 4) is 11.1 Å². The topological polar surface area (TPSA) is 38.1 Å². The maximum Gasteiger partial charge on any atom is 0.142 e. The minimum Gasteiger partial charge on any atom is -0.299 e. The van der Waals surface area contributed by atoms with Crippen molar-refractivity contribution in [2.45, 2.75) is 51.5 Å². The average molecular weight is 500 g/mol. The summed E-state index contributed by atoms with van der Waals surface area (Å²) in [5, 5.41) is 4.18. The van der Waals surface area contributed by atoms with Gasteiger partial charge in [-0.25, -0.2) is 17.6 Å². The van der Waals surface area contributed by atoms with Crippen molar-refractivity contribution in [3.63, 3.8) is 0 Å². The number of aryl methyl sites for hydroxylation is 1. The van der Waals surface area contributed by atoms with E-state index in [9.17, 15) is 13.6 Å². The van der Waals surface area contributed by atoms with Gasteiger partial charge in [-0.3, -0.25) is 14.4 Å². The van der Waals surface area contributed by atoms with E-state index >= 15 is 8.78 Å². The molecule has 0 amide bonds. The first-order chi connectivity index (χ1) is 17.1. The van der Waals surface area contributed by atoms with Crippen molar-refractivity contribution in [1.82, 2.24) is 14.7 Å². The molecule has 1 aliphatic rings. The molecular formula is C28H29F4N3O. The number of rotatable bonds is 8. The minimum atomic E-state index is -1.59. The smallest absolute Gasteiger partial charge is 0.142 e. The first kappa shape index (κ1) is 25.8. The van der Waals surface area contributed by atoms with Crippen LogP contribution in [0.15, 0.2) is 48.8 Å². The molecule has 0 saturated heterocycles. The van der Waals surface area contributed by atoms with Gasteiger partial charge in [-0.05, 0) is 67.7 Å². The number of carbonyl (C=O) groups excluding carboxylic acids is 1. The van der Waals surface area contributed by atoms with Gasteiger partial charge in [0.25, 0.3) is 0 Å². The summed E-state index contributed by atoms with van der Waals surface area (Å²) >= 11 is 0. The molecule has 2 heterocycles. The zero-order valence-electron chi connectivity index (χ0n) is 20.5. The predicted molar refractivity (Wildman–Crippen MR) is 132 cm³/mol. The molecule has 3 aromatic rings. The Kier molecular flexibility index (Phi) is 7.45. The summed E-state index contributed by atoms with van der Waals surface area (Å²) in [5.41, 5.74) is 1.76. The maximum absolute atomic E-state index is 15.4. The summed E-state index contributed by atoms with van der Waals surface area (Å²) in [4.78, 5) is 12.4. The van der Waals surface area contributed by atoms with Crippen molar-refractivity contribution in [1.29, 1.82) is 0 Å². The lowest BCUT2D eigenvalue weighted by molar-refractivity contribution is -0.104. The van der Waals surface area contributed by atoms with Crippen LogP contribution in [0.25, 0.3) is 17.2 Å². The molecular weight excluding hydrogens is 470 g/mol. The predicted octanol–water partition coefficient (Wildman–Crippen LogP) is 6.09. The summed E-state index contributed by atoms with van der Waals surface area (Å²) in [6.45, 7) is 4.45. The number of fused-ring (bicyclic) bond motifs is 1. The third-order valence-electron chi connectivity index (χ3n) is 6.43. The number of alkyl halides is 2. The van der Waals surface area contributed by atoms with Crippen LogP contribution in [0, 0.1) is 11.6 Å². The second kappa shape index (κ2) is 10.4. The molecule has 0 N–H and O–H groups in total. The Labute approximate surface area is 208 Å². The van der Waals surface area contributed by atoms with Crippen LogP contribution in [0.1, 0.15) is 49.1 Å². The van der Waals surface area contributed by atoms with Crippen LogP contribution in [0.5, 0.6) is 0 Å². The van der Waals surface area contributed by atoms with Crippen molar-refractivity contribution in [2.24, 2.45) is 0 Å². The third kappa shape index (κ3) is 5.43. The van der Waals surface area contributed by atoms with Crippen molar-refractivity contribution in [2.75, 3.05) is 13.2 Å². The maximum atomic E-state index is 15.4. The van der Waals surface area contributed by atoms with Crippen LogP contribution in [0.4, 0.5) is 17.6 Å². The molecule has 8 heteroatoms. The first-order valence-corrected chi connectivity index (χ1v) is 11.9. The molecule has 4 rings (SSSR count). The zero-order chi connectivity index (χ0) is 26.0. The molecule has 0 fully saturated rings. The number of aldehydes is 1. The average Bonchev–Trinajstić information content (AvgIpc) is 3.27. The molecule has 4 nitrogen and oxygen atoms in total. The third-order valence-corrected chi connectivity index (χ3v) is 6.43. The molecule has 0 saturated carbocycles. The summed E-state index contributed by atoms with van der Waals surface area (Å²) in [7, 11) is 0. The highest BCUT2D eigenvalue weighted by Gasteiger charge is 2.39. The van der Waals surface area contributed by atoms with E-state index in [4.69, 9.17) is 0 Å². The van der Waals surface area contributed by atoms with E-state index in [1.54, 1.807) is 12.4 Å². The lowest BCUT2D eigenvalue weighted by Gasteiger charge is -2.44. The van der Waals surface area contributed by atoms with Crippen LogP contribution >= 0.6 is 0 Å². The molecule has 2 aromatic carbocycles. The lowest BCUT2D eigenvalue weighted by Crippen LogP contribution is -2.48. The SMILES string of the molecule is CC1Cc2cc(-c3cnn(CCF)c3)ccc2C(c2c(F)cc(/C=C/C=O)cc2F)N1CC(C)(C)F. The fourth-order valence-electron chi connectivity index (χ4n) is 4.93. The number of halogens is 4.